The van der Waals surface area contributed by atoms with E-state index in [1.807, 2.05) is 49.1 Å². The number of unbranched alkanes of at least 4 members (excludes halogenated alkanes) is 1. The summed E-state index contributed by atoms with van der Waals surface area (Å²) in [4.78, 5) is 54.5. The van der Waals surface area contributed by atoms with E-state index >= 15 is 0 Å². The number of carbonyl (C=O) groups excluding carboxylic acids is 3. The number of hydrogen-bond donors (Lipinski definition) is 5. The van der Waals surface area contributed by atoms with Crippen molar-refractivity contribution in [3.8, 4) is 0 Å². The van der Waals surface area contributed by atoms with E-state index in [2.05, 4.69) is 22.9 Å². The van der Waals surface area contributed by atoms with Crippen molar-refractivity contribution in [2.45, 2.75) is 141 Å². The molecule has 3 amide bonds. The highest BCUT2D eigenvalue weighted by Crippen LogP contribution is 2.30. The molecule has 0 bridgehead atoms. The van der Waals surface area contributed by atoms with Gasteiger partial charge in [-0.25, -0.2) is 0 Å². The predicted molar refractivity (Wildman–Crippen MR) is 200 cm³/mol. The van der Waals surface area contributed by atoms with Gasteiger partial charge in [-0.05, 0) is 55.9 Å². The first kappa shape index (κ1) is 43.3. The van der Waals surface area contributed by atoms with E-state index in [0.29, 0.717) is 51.1 Å². The Morgan fingerprint density at radius 1 is 0.962 bits per heavy atom. The number of nitrogens with one attached hydrogen (secondary N) is 3. The molecule has 1 aliphatic heterocycles. The molecule has 1 unspecified atom stereocenters. The molecule has 5 atom stereocenters. The Hall–Kier alpha value is -3.06. The number of aliphatic carboxylic acids is 1. The van der Waals surface area contributed by atoms with Crippen LogP contribution in [-0.4, -0.2) is 103 Å². The van der Waals surface area contributed by atoms with Gasteiger partial charge < -0.3 is 35.2 Å². The third-order valence-corrected chi connectivity index (χ3v) is 10.7. The van der Waals surface area contributed by atoms with Gasteiger partial charge in [-0.15, -0.1) is 0 Å². The van der Waals surface area contributed by atoms with Crippen LogP contribution >= 0.6 is 0 Å². The van der Waals surface area contributed by atoms with Gasteiger partial charge in [0, 0.05) is 32.7 Å². The SMILES string of the molecule is CCCC[C@H](NC(Cc1ccccc1)C(=O)N1CCC(OCOC)CC1)C(=O)N[C@@H](CC1CCCCC1)[C@@H](O)C[C@H](C(=O)NCCC(=O)O)C(C)C. The second-order valence-corrected chi connectivity index (χ2v) is 15.1. The summed E-state index contributed by atoms with van der Waals surface area (Å²) in [6.45, 7) is 7.24. The maximum Gasteiger partial charge on any atom is 0.305 e. The highest BCUT2D eigenvalue weighted by atomic mass is 16.7. The molecule has 1 aromatic rings. The normalized spacial score (nSPS) is 18.7. The van der Waals surface area contributed by atoms with Crippen molar-refractivity contribution in [1.29, 1.82) is 0 Å². The van der Waals surface area contributed by atoms with Crippen LogP contribution in [0.4, 0.5) is 0 Å². The number of carboxylic acid groups (broad SMARTS) is 1. The number of nitrogens with zero attached hydrogens (tertiary/aromatic N) is 1. The summed E-state index contributed by atoms with van der Waals surface area (Å²) in [5.41, 5.74) is 0.994. The standard InChI is InChI=1S/C40H66N4O8/c1-5-6-17-33(42-35(25-30-15-11-8-12-16-30)40(50)44-22-19-31(20-23-44)52-27-51-4)39(49)43-34(24-29-13-9-7-10-14-29)36(45)26-32(28(2)3)38(48)41-21-18-37(46)47/h8,11-12,15-16,28-29,31-36,42,45H,5-7,9-10,13-14,17-27H2,1-4H3,(H,41,48)(H,43,49)(H,46,47)/t32-,33-,34-,35?,36-/m0/s1. The van der Waals surface area contributed by atoms with Gasteiger partial charge in [0.05, 0.1) is 36.8 Å². The number of aliphatic hydroxyl groups is 1. The molecule has 1 heterocycles. The van der Waals surface area contributed by atoms with E-state index in [1.54, 1.807) is 7.11 Å². The fourth-order valence-electron chi connectivity index (χ4n) is 7.54. The largest absolute Gasteiger partial charge is 0.481 e. The first-order valence-corrected chi connectivity index (χ1v) is 19.7. The second-order valence-electron chi connectivity index (χ2n) is 15.1. The quantitative estimate of drug-likeness (QED) is 0.102. The summed E-state index contributed by atoms with van der Waals surface area (Å²) < 4.78 is 10.8. The summed E-state index contributed by atoms with van der Waals surface area (Å²) in [5.74, 6) is -1.90. The molecular formula is C40H66N4O8. The lowest BCUT2D eigenvalue weighted by Gasteiger charge is -2.36. The number of hydrogen-bond acceptors (Lipinski definition) is 8. The number of benzene rings is 1. The molecular weight excluding hydrogens is 664 g/mol. The topological polar surface area (TPSA) is 167 Å². The Balaban J connectivity index is 1.81. The highest BCUT2D eigenvalue weighted by molar-refractivity contribution is 5.86. The van der Waals surface area contributed by atoms with E-state index in [-0.39, 0.29) is 55.9 Å². The number of carbonyl (C=O) groups is 4. The van der Waals surface area contributed by atoms with E-state index in [1.165, 1.54) is 6.42 Å². The number of methoxy groups -OCH3 is 1. The van der Waals surface area contributed by atoms with Crippen LogP contribution in [0.5, 0.6) is 0 Å². The van der Waals surface area contributed by atoms with Crippen LogP contribution in [0.15, 0.2) is 30.3 Å². The molecule has 0 spiro atoms. The van der Waals surface area contributed by atoms with Crippen LogP contribution in [0.3, 0.4) is 0 Å². The molecule has 12 nitrogen and oxygen atoms in total. The Bertz CT molecular complexity index is 1200. The number of amides is 3. The van der Waals surface area contributed by atoms with Gasteiger partial charge in [0.2, 0.25) is 17.7 Å². The third-order valence-electron chi connectivity index (χ3n) is 10.7. The Labute approximate surface area is 311 Å². The summed E-state index contributed by atoms with van der Waals surface area (Å²) >= 11 is 0. The number of piperidine rings is 1. The minimum atomic E-state index is -0.993. The van der Waals surface area contributed by atoms with Crippen molar-refractivity contribution >= 4 is 23.7 Å². The van der Waals surface area contributed by atoms with Crippen LogP contribution in [0, 0.1) is 17.8 Å². The molecule has 5 N–H and O–H groups in total. The number of aliphatic hydroxyl groups excluding tert-OH is 1. The van der Waals surface area contributed by atoms with Crippen LogP contribution in [0.25, 0.3) is 0 Å². The number of ether oxygens (including phenoxy) is 2. The zero-order chi connectivity index (χ0) is 37.9. The summed E-state index contributed by atoms with van der Waals surface area (Å²) in [6, 6.07) is 7.95. The predicted octanol–water partition coefficient (Wildman–Crippen LogP) is 4.43. The molecule has 3 rings (SSSR count). The third kappa shape index (κ3) is 15.1. The summed E-state index contributed by atoms with van der Waals surface area (Å²) in [5, 5.41) is 30.2. The monoisotopic (exact) mass is 730 g/mol. The summed E-state index contributed by atoms with van der Waals surface area (Å²) in [7, 11) is 1.59. The van der Waals surface area contributed by atoms with Gasteiger partial charge in [0.1, 0.15) is 6.79 Å². The fourth-order valence-corrected chi connectivity index (χ4v) is 7.54. The zero-order valence-corrected chi connectivity index (χ0v) is 32.0. The van der Waals surface area contributed by atoms with Crippen LogP contribution in [0.1, 0.15) is 110 Å². The lowest BCUT2D eigenvalue weighted by Crippen LogP contribution is -2.58. The zero-order valence-electron chi connectivity index (χ0n) is 32.0. The average Bonchev–Trinajstić information content (AvgIpc) is 3.14. The molecule has 2 fully saturated rings. The fraction of sp³-hybridized carbons (Fsp3) is 0.750. The van der Waals surface area contributed by atoms with Crippen LogP contribution in [-0.2, 0) is 35.1 Å². The molecule has 2 aliphatic rings. The Morgan fingerprint density at radius 2 is 1.65 bits per heavy atom. The average molecular weight is 731 g/mol. The van der Waals surface area contributed by atoms with Crippen LogP contribution < -0.4 is 16.0 Å². The van der Waals surface area contributed by atoms with E-state index in [9.17, 15) is 24.3 Å². The minimum absolute atomic E-state index is 0.0168. The number of carboxylic acids is 1. The molecule has 1 saturated carbocycles. The van der Waals surface area contributed by atoms with Gasteiger partial charge in [0.15, 0.2) is 0 Å². The van der Waals surface area contributed by atoms with Crippen LogP contribution in [0.2, 0.25) is 0 Å². The highest BCUT2D eigenvalue weighted by Gasteiger charge is 2.35. The van der Waals surface area contributed by atoms with Gasteiger partial charge >= 0.3 is 5.97 Å². The molecule has 52 heavy (non-hydrogen) atoms. The first-order valence-electron chi connectivity index (χ1n) is 19.7. The molecule has 294 valence electrons. The first-order chi connectivity index (χ1) is 25.0. The van der Waals surface area contributed by atoms with Crippen molar-refractivity contribution < 1.29 is 38.9 Å². The maximum atomic E-state index is 14.3. The minimum Gasteiger partial charge on any atom is -0.481 e. The van der Waals surface area contributed by atoms with E-state index in [4.69, 9.17) is 14.6 Å². The lowest BCUT2D eigenvalue weighted by molar-refractivity contribution is -0.139. The molecule has 12 heteroatoms. The van der Waals surface area contributed by atoms with Crippen molar-refractivity contribution in [3.05, 3.63) is 35.9 Å². The van der Waals surface area contributed by atoms with E-state index < -0.39 is 36.1 Å². The van der Waals surface area contributed by atoms with Gasteiger partial charge in [-0.3, -0.25) is 24.5 Å². The Morgan fingerprint density at radius 3 is 2.27 bits per heavy atom. The molecule has 1 aromatic carbocycles. The van der Waals surface area contributed by atoms with E-state index in [0.717, 1.165) is 44.1 Å². The Kier molecular flexibility index (Phi) is 19.6. The van der Waals surface area contributed by atoms with Gasteiger partial charge in [0.25, 0.3) is 0 Å². The lowest BCUT2D eigenvalue weighted by atomic mass is 9.81. The van der Waals surface area contributed by atoms with Gasteiger partial charge in [-0.1, -0.05) is 96.0 Å². The van der Waals surface area contributed by atoms with Gasteiger partial charge in [-0.2, -0.15) is 0 Å². The smallest absolute Gasteiger partial charge is 0.305 e. The van der Waals surface area contributed by atoms with Crippen molar-refractivity contribution in [2.24, 2.45) is 17.8 Å². The molecule has 0 aromatic heterocycles. The van der Waals surface area contributed by atoms with Crippen molar-refractivity contribution in [3.63, 3.8) is 0 Å². The number of likely N-dealkylation sites (tertiary alicyclic amines) is 1. The van der Waals surface area contributed by atoms with Crippen molar-refractivity contribution in [2.75, 3.05) is 33.5 Å². The maximum absolute atomic E-state index is 14.3. The molecule has 1 saturated heterocycles. The summed E-state index contributed by atoms with van der Waals surface area (Å²) in [6.07, 6.45) is 9.10. The molecule has 0 radical (unpaired) electrons. The number of rotatable bonds is 23. The second kappa shape index (κ2) is 23.6. The molecule has 1 aliphatic carbocycles. The van der Waals surface area contributed by atoms with Crippen molar-refractivity contribution in [1.82, 2.24) is 20.9 Å².